The van der Waals surface area contributed by atoms with Gasteiger partial charge in [0.25, 0.3) is 5.91 Å². The van der Waals surface area contributed by atoms with Gasteiger partial charge in [0.15, 0.2) is 0 Å². The number of imidazole rings is 1. The molecule has 0 aliphatic carbocycles. The van der Waals surface area contributed by atoms with Crippen molar-refractivity contribution in [2.75, 3.05) is 26.2 Å². The monoisotopic (exact) mass is 370 g/mol. The smallest absolute Gasteiger partial charge is 0.253 e. The molecule has 1 amide bonds. The second-order valence-electron chi connectivity index (χ2n) is 7.65. The summed E-state index contributed by atoms with van der Waals surface area (Å²) in [5.74, 6) is -0.448. The molecule has 0 unspecified atom stereocenters. The largest absolute Gasteiger partial charge is 0.348 e. The van der Waals surface area contributed by atoms with E-state index in [9.17, 15) is 9.18 Å². The Hall–Kier alpha value is -2.21. The molecule has 4 rings (SSSR count). The van der Waals surface area contributed by atoms with Gasteiger partial charge in [-0.3, -0.25) is 9.69 Å². The number of piperidine rings is 1. The van der Waals surface area contributed by atoms with Gasteiger partial charge in [0.05, 0.1) is 17.6 Å². The zero-order valence-electron chi connectivity index (χ0n) is 15.9. The number of H-pyrrole nitrogens is 1. The van der Waals surface area contributed by atoms with Crippen LogP contribution in [-0.2, 0) is 12.0 Å². The summed E-state index contributed by atoms with van der Waals surface area (Å²) in [6.07, 6.45) is 6.90. The number of hydrogen-bond donors (Lipinski definition) is 1. The number of nitrogens with one attached hydrogen (secondary N) is 1. The summed E-state index contributed by atoms with van der Waals surface area (Å²) in [6.45, 7) is 5.67. The Balaban J connectivity index is 1.54. The number of nitrogens with zero attached hydrogens (tertiary/aromatic N) is 3. The van der Waals surface area contributed by atoms with Crippen LogP contribution < -0.4 is 0 Å². The topological polar surface area (TPSA) is 52.2 Å². The lowest BCUT2D eigenvalue weighted by molar-refractivity contribution is 0.00630. The van der Waals surface area contributed by atoms with Gasteiger partial charge >= 0.3 is 0 Å². The number of halogens is 1. The maximum Gasteiger partial charge on any atom is 0.253 e. The molecule has 3 heterocycles. The van der Waals surface area contributed by atoms with Crippen LogP contribution in [0.3, 0.4) is 0 Å². The van der Waals surface area contributed by atoms with Crippen LogP contribution >= 0.6 is 0 Å². The summed E-state index contributed by atoms with van der Waals surface area (Å²) in [4.78, 5) is 25.2. The van der Waals surface area contributed by atoms with Crippen LogP contribution in [0.1, 0.15) is 54.4 Å². The number of carbonyl (C=O) groups is 1. The van der Waals surface area contributed by atoms with Crippen molar-refractivity contribution in [2.45, 2.75) is 44.6 Å². The first kappa shape index (κ1) is 18.2. The number of carbonyl (C=O) groups excluding carboxylic acids is 1. The first-order valence-electron chi connectivity index (χ1n) is 9.96. The lowest BCUT2D eigenvalue weighted by Gasteiger charge is -2.50. The number of rotatable bonds is 4. The Kier molecular flexibility index (Phi) is 5.00. The predicted molar refractivity (Wildman–Crippen MR) is 102 cm³/mol. The number of amides is 1. The highest BCUT2D eigenvalue weighted by Crippen LogP contribution is 2.42. The van der Waals surface area contributed by atoms with Gasteiger partial charge in [0.2, 0.25) is 0 Å². The fraction of sp³-hybridized carbons (Fsp3) is 0.524. The molecule has 2 aromatic rings. The van der Waals surface area contributed by atoms with Crippen molar-refractivity contribution in [2.24, 2.45) is 0 Å². The van der Waals surface area contributed by atoms with Gasteiger partial charge in [-0.25, -0.2) is 9.37 Å². The lowest BCUT2D eigenvalue weighted by Crippen LogP contribution is -2.57. The van der Waals surface area contributed by atoms with Gasteiger partial charge in [0, 0.05) is 37.3 Å². The average molecular weight is 370 g/mol. The van der Waals surface area contributed by atoms with E-state index in [0.717, 1.165) is 32.4 Å². The number of likely N-dealkylation sites (tertiary alicyclic amines) is 1. The minimum atomic E-state index is -0.367. The van der Waals surface area contributed by atoms with E-state index in [1.54, 1.807) is 18.5 Å². The molecule has 1 aromatic carbocycles. The highest BCUT2D eigenvalue weighted by Gasteiger charge is 2.46. The van der Waals surface area contributed by atoms with Crippen molar-refractivity contribution in [1.29, 1.82) is 0 Å². The highest BCUT2D eigenvalue weighted by molar-refractivity contribution is 5.94. The molecule has 1 fully saturated rings. The first-order valence-corrected chi connectivity index (χ1v) is 9.96. The van der Waals surface area contributed by atoms with Crippen molar-refractivity contribution in [3.05, 3.63) is 53.4 Å². The van der Waals surface area contributed by atoms with E-state index in [1.165, 1.54) is 36.4 Å². The summed E-state index contributed by atoms with van der Waals surface area (Å²) in [6, 6.07) is 5.98. The Morgan fingerprint density at radius 2 is 2.11 bits per heavy atom. The van der Waals surface area contributed by atoms with E-state index in [1.807, 2.05) is 4.90 Å². The molecule has 2 aliphatic heterocycles. The summed E-state index contributed by atoms with van der Waals surface area (Å²) >= 11 is 0. The molecule has 0 saturated carbocycles. The van der Waals surface area contributed by atoms with E-state index >= 15 is 0 Å². The van der Waals surface area contributed by atoms with Crippen LogP contribution in [0.15, 0.2) is 30.6 Å². The molecule has 1 spiro atoms. The molecule has 0 bridgehead atoms. The zero-order chi connectivity index (χ0) is 18.9. The van der Waals surface area contributed by atoms with E-state index in [0.29, 0.717) is 18.7 Å². The van der Waals surface area contributed by atoms with Crippen LogP contribution in [0.4, 0.5) is 4.39 Å². The molecular weight excluding hydrogens is 343 g/mol. The SMILES string of the molecule is CCCCN1CCc2[nH]cnc2C12CCN(C(=O)c1cccc(F)c1)CC2. The molecule has 0 radical (unpaired) electrons. The van der Waals surface area contributed by atoms with Crippen molar-refractivity contribution in [1.82, 2.24) is 19.8 Å². The second-order valence-corrected chi connectivity index (χ2v) is 7.65. The van der Waals surface area contributed by atoms with Crippen LogP contribution in [0.25, 0.3) is 0 Å². The number of hydrogen-bond acceptors (Lipinski definition) is 3. The fourth-order valence-corrected chi connectivity index (χ4v) is 4.63. The standard InChI is InChI=1S/C21H27FN4O/c1-2-3-10-26-11-7-18-19(24-15-23-18)21(26)8-12-25(13-9-21)20(27)16-5-4-6-17(22)14-16/h4-6,14-15H,2-3,7-13H2,1H3,(H,23,24). The number of fused-ring (bicyclic) bond motifs is 2. The van der Waals surface area contributed by atoms with Gasteiger partial charge in [-0.15, -0.1) is 0 Å². The number of aromatic nitrogens is 2. The molecule has 144 valence electrons. The third-order valence-electron chi connectivity index (χ3n) is 6.13. The minimum Gasteiger partial charge on any atom is -0.348 e. The average Bonchev–Trinajstić information content (AvgIpc) is 3.18. The van der Waals surface area contributed by atoms with Gasteiger partial charge < -0.3 is 9.88 Å². The van der Waals surface area contributed by atoms with Crippen molar-refractivity contribution >= 4 is 5.91 Å². The molecular formula is C21H27FN4O. The second kappa shape index (κ2) is 7.43. The number of unbranched alkanes of at least 4 members (excludes halogenated alkanes) is 1. The predicted octanol–water partition coefficient (Wildman–Crippen LogP) is 3.34. The molecule has 1 aromatic heterocycles. The van der Waals surface area contributed by atoms with E-state index in [2.05, 4.69) is 21.8 Å². The summed E-state index contributed by atoms with van der Waals surface area (Å²) in [7, 11) is 0. The van der Waals surface area contributed by atoms with E-state index in [-0.39, 0.29) is 17.3 Å². The van der Waals surface area contributed by atoms with Gasteiger partial charge in [-0.2, -0.15) is 0 Å². The Bertz CT molecular complexity index is 810. The third kappa shape index (κ3) is 3.27. The van der Waals surface area contributed by atoms with Crippen molar-refractivity contribution < 1.29 is 9.18 Å². The van der Waals surface area contributed by atoms with Gasteiger partial charge in [-0.1, -0.05) is 19.4 Å². The van der Waals surface area contributed by atoms with E-state index < -0.39 is 0 Å². The zero-order valence-corrected chi connectivity index (χ0v) is 15.9. The fourth-order valence-electron chi connectivity index (χ4n) is 4.63. The van der Waals surface area contributed by atoms with Crippen LogP contribution in [0, 0.1) is 5.82 Å². The molecule has 1 N–H and O–H groups in total. The molecule has 6 heteroatoms. The van der Waals surface area contributed by atoms with E-state index in [4.69, 9.17) is 0 Å². The van der Waals surface area contributed by atoms with Gasteiger partial charge in [-0.05, 0) is 44.0 Å². The van der Waals surface area contributed by atoms with Gasteiger partial charge in [0.1, 0.15) is 5.82 Å². The Labute approximate surface area is 159 Å². The summed E-state index contributed by atoms with van der Waals surface area (Å²) in [5, 5.41) is 0. The Morgan fingerprint density at radius 1 is 1.30 bits per heavy atom. The third-order valence-corrected chi connectivity index (χ3v) is 6.13. The molecule has 0 atom stereocenters. The normalized spacial score (nSPS) is 19.3. The molecule has 1 saturated heterocycles. The quantitative estimate of drug-likeness (QED) is 0.898. The van der Waals surface area contributed by atoms with Crippen molar-refractivity contribution in [3.8, 4) is 0 Å². The minimum absolute atomic E-state index is 0.0810. The summed E-state index contributed by atoms with van der Waals surface area (Å²) in [5.41, 5.74) is 2.76. The maximum absolute atomic E-state index is 13.5. The highest BCUT2D eigenvalue weighted by atomic mass is 19.1. The number of aromatic amines is 1. The Morgan fingerprint density at radius 3 is 2.85 bits per heavy atom. The first-order chi connectivity index (χ1) is 13.1. The lowest BCUT2D eigenvalue weighted by atomic mass is 9.78. The summed E-state index contributed by atoms with van der Waals surface area (Å²) < 4.78 is 13.5. The molecule has 2 aliphatic rings. The molecule has 5 nitrogen and oxygen atoms in total. The maximum atomic E-state index is 13.5. The van der Waals surface area contributed by atoms with Crippen molar-refractivity contribution in [3.63, 3.8) is 0 Å². The molecule has 27 heavy (non-hydrogen) atoms. The van der Waals surface area contributed by atoms with Crippen LogP contribution in [0.2, 0.25) is 0 Å². The number of benzene rings is 1. The van der Waals surface area contributed by atoms with Crippen LogP contribution in [-0.4, -0.2) is 51.9 Å². The van der Waals surface area contributed by atoms with Crippen LogP contribution in [0.5, 0.6) is 0 Å².